The van der Waals surface area contributed by atoms with Crippen molar-refractivity contribution in [3.63, 3.8) is 0 Å². The first-order valence-corrected chi connectivity index (χ1v) is 14.5. The van der Waals surface area contributed by atoms with Gasteiger partial charge in [-0.3, -0.25) is 0 Å². The number of fused-ring (bicyclic) bond motifs is 10. The highest BCUT2D eigenvalue weighted by molar-refractivity contribution is 6.34. The molecule has 0 spiro atoms. The molecule has 0 atom stereocenters. The number of hydrogen-bond donors (Lipinski definition) is 0. The third-order valence-electron chi connectivity index (χ3n) is 8.46. The van der Waals surface area contributed by atoms with Crippen LogP contribution in [0.4, 0.5) is 0 Å². The highest BCUT2D eigenvalue weighted by Gasteiger charge is 2.21. The van der Waals surface area contributed by atoms with E-state index in [1.807, 2.05) is 42.5 Å². The monoisotopic (exact) mass is 548 g/mol. The normalized spacial score (nSPS) is 11.7. The van der Waals surface area contributed by atoms with Gasteiger partial charge >= 0.3 is 0 Å². The lowest BCUT2D eigenvalue weighted by atomic mass is 9.90. The average molecular weight is 549 g/mol. The van der Waals surface area contributed by atoms with Crippen molar-refractivity contribution in [2.75, 3.05) is 0 Å². The quantitative estimate of drug-likeness (QED) is 0.206. The lowest BCUT2D eigenvalue weighted by molar-refractivity contribution is 0.673. The lowest BCUT2D eigenvalue weighted by Crippen LogP contribution is -1.96. The molecule has 0 unspecified atom stereocenters. The van der Waals surface area contributed by atoms with Crippen molar-refractivity contribution >= 4 is 54.3 Å². The van der Waals surface area contributed by atoms with Crippen LogP contribution in [0.5, 0.6) is 0 Å². The molecule has 43 heavy (non-hydrogen) atoms. The Morgan fingerprint density at radius 2 is 0.930 bits per heavy atom. The summed E-state index contributed by atoms with van der Waals surface area (Å²) in [7, 11) is 0. The molecule has 200 valence electrons. The number of benzene rings is 7. The van der Waals surface area contributed by atoms with Crippen LogP contribution in [0, 0.1) is 0 Å². The van der Waals surface area contributed by atoms with Crippen LogP contribution in [0.15, 0.2) is 150 Å². The topological polar surface area (TPSA) is 38.9 Å². The number of para-hydroxylation sites is 1. The fourth-order valence-corrected chi connectivity index (χ4v) is 6.53. The summed E-state index contributed by atoms with van der Waals surface area (Å²) >= 11 is 0. The van der Waals surface area contributed by atoms with Gasteiger partial charge in [0, 0.05) is 32.8 Å². The predicted molar refractivity (Wildman–Crippen MR) is 178 cm³/mol. The number of aromatic nitrogens is 2. The van der Waals surface area contributed by atoms with Gasteiger partial charge < -0.3 is 4.42 Å². The summed E-state index contributed by atoms with van der Waals surface area (Å²) < 4.78 is 6.77. The second kappa shape index (κ2) is 9.37. The Morgan fingerprint density at radius 1 is 0.395 bits per heavy atom. The van der Waals surface area contributed by atoms with Crippen molar-refractivity contribution in [3.05, 3.63) is 146 Å². The van der Waals surface area contributed by atoms with Crippen molar-refractivity contribution in [3.8, 4) is 33.9 Å². The van der Waals surface area contributed by atoms with Crippen LogP contribution < -0.4 is 0 Å². The highest BCUT2D eigenvalue weighted by atomic mass is 16.3. The van der Waals surface area contributed by atoms with Gasteiger partial charge in [0.2, 0.25) is 0 Å². The van der Waals surface area contributed by atoms with E-state index in [1.165, 1.54) is 21.5 Å². The summed E-state index contributed by atoms with van der Waals surface area (Å²) in [6.07, 6.45) is 0. The van der Waals surface area contributed by atoms with E-state index in [-0.39, 0.29) is 0 Å². The SMILES string of the molecule is c1ccc(-c2cc(-c3cc4c5ccccc5c5ccccc5c4c4oc5ccccc5c34)nc(-c3ccccc3)n2)cc1. The van der Waals surface area contributed by atoms with Crippen LogP contribution in [0.25, 0.3) is 88.2 Å². The first-order valence-electron chi connectivity index (χ1n) is 14.5. The zero-order valence-corrected chi connectivity index (χ0v) is 23.2. The number of hydrogen-bond acceptors (Lipinski definition) is 3. The minimum absolute atomic E-state index is 0.696. The van der Waals surface area contributed by atoms with E-state index in [0.29, 0.717) is 5.82 Å². The molecule has 3 nitrogen and oxygen atoms in total. The second-order valence-corrected chi connectivity index (χ2v) is 10.9. The Balaban J connectivity index is 1.48. The summed E-state index contributed by atoms with van der Waals surface area (Å²) in [4.78, 5) is 10.3. The minimum Gasteiger partial charge on any atom is -0.455 e. The van der Waals surface area contributed by atoms with Gasteiger partial charge in [-0.2, -0.15) is 0 Å². The highest BCUT2D eigenvalue weighted by Crippen LogP contribution is 2.46. The van der Waals surface area contributed by atoms with E-state index >= 15 is 0 Å². The molecule has 0 fully saturated rings. The molecule has 2 aromatic heterocycles. The molecule has 9 aromatic rings. The fourth-order valence-electron chi connectivity index (χ4n) is 6.53. The first kappa shape index (κ1) is 23.9. The smallest absolute Gasteiger partial charge is 0.160 e. The molecule has 0 saturated carbocycles. The standard InChI is InChI=1S/C40H24N2O/c1-3-13-25(14-4-1)34-24-35(42-40(41-34)26-15-5-2-6-16-26)33-23-32-29-19-8-7-17-27(29)28-18-9-10-20-30(28)37(32)39-38(33)31-21-11-12-22-36(31)43-39/h1-24H. The van der Waals surface area contributed by atoms with Crippen molar-refractivity contribution in [2.45, 2.75) is 0 Å². The molecule has 2 heterocycles. The van der Waals surface area contributed by atoms with Gasteiger partial charge in [0.1, 0.15) is 11.2 Å². The van der Waals surface area contributed by atoms with Crippen molar-refractivity contribution < 1.29 is 4.42 Å². The first-order chi connectivity index (χ1) is 21.3. The molecule has 0 aliphatic rings. The van der Waals surface area contributed by atoms with Crippen LogP contribution in [-0.2, 0) is 0 Å². The summed E-state index contributed by atoms with van der Waals surface area (Å²) in [6, 6.07) is 50.6. The molecule has 0 aliphatic heterocycles. The van der Waals surface area contributed by atoms with Crippen molar-refractivity contribution in [2.24, 2.45) is 0 Å². The van der Waals surface area contributed by atoms with E-state index in [9.17, 15) is 0 Å². The van der Waals surface area contributed by atoms with E-state index in [4.69, 9.17) is 14.4 Å². The Bertz CT molecular complexity index is 2440. The molecule has 7 aromatic carbocycles. The van der Waals surface area contributed by atoms with Gasteiger partial charge in [0.15, 0.2) is 5.82 Å². The number of rotatable bonds is 3. The van der Waals surface area contributed by atoms with Crippen LogP contribution >= 0.6 is 0 Å². The maximum absolute atomic E-state index is 6.77. The molecule has 9 rings (SSSR count). The molecule has 3 heteroatoms. The molecule has 0 N–H and O–H groups in total. The number of furan rings is 1. The Hall–Kier alpha value is -5.80. The maximum atomic E-state index is 6.77. The second-order valence-electron chi connectivity index (χ2n) is 10.9. The van der Waals surface area contributed by atoms with Crippen LogP contribution in [0.3, 0.4) is 0 Å². The molecular weight excluding hydrogens is 524 g/mol. The summed E-state index contributed by atoms with van der Waals surface area (Å²) in [6.45, 7) is 0. The summed E-state index contributed by atoms with van der Waals surface area (Å²) in [5.74, 6) is 0.696. The zero-order chi connectivity index (χ0) is 28.3. The summed E-state index contributed by atoms with van der Waals surface area (Å²) in [5.41, 5.74) is 6.56. The van der Waals surface area contributed by atoms with Crippen molar-refractivity contribution in [1.82, 2.24) is 9.97 Å². The Labute approximate surface area is 247 Å². The third-order valence-corrected chi connectivity index (χ3v) is 8.46. The van der Waals surface area contributed by atoms with Crippen LogP contribution in [-0.4, -0.2) is 9.97 Å². The largest absolute Gasteiger partial charge is 0.455 e. The fraction of sp³-hybridized carbons (Fsp3) is 0. The van der Waals surface area contributed by atoms with Crippen molar-refractivity contribution in [1.29, 1.82) is 0 Å². The van der Waals surface area contributed by atoms with E-state index in [2.05, 4.69) is 103 Å². The number of nitrogens with zero attached hydrogens (tertiary/aromatic N) is 2. The molecule has 0 bridgehead atoms. The Morgan fingerprint density at radius 3 is 1.65 bits per heavy atom. The maximum Gasteiger partial charge on any atom is 0.160 e. The molecule has 0 aliphatic carbocycles. The average Bonchev–Trinajstić information content (AvgIpc) is 3.48. The molecule has 0 radical (unpaired) electrons. The van der Waals surface area contributed by atoms with Crippen LogP contribution in [0.1, 0.15) is 0 Å². The predicted octanol–water partition coefficient (Wildman–Crippen LogP) is 10.8. The third kappa shape index (κ3) is 3.68. The van der Waals surface area contributed by atoms with Gasteiger partial charge in [-0.05, 0) is 45.1 Å². The molecule has 0 amide bonds. The van der Waals surface area contributed by atoms with E-state index in [1.54, 1.807) is 0 Å². The van der Waals surface area contributed by atoms with Crippen LogP contribution in [0.2, 0.25) is 0 Å². The zero-order valence-electron chi connectivity index (χ0n) is 23.2. The Kier molecular flexibility index (Phi) is 5.20. The van der Waals surface area contributed by atoms with Gasteiger partial charge in [-0.1, -0.05) is 127 Å². The molecular formula is C40H24N2O. The van der Waals surface area contributed by atoms with Gasteiger partial charge in [-0.15, -0.1) is 0 Å². The lowest BCUT2D eigenvalue weighted by Gasteiger charge is -2.14. The van der Waals surface area contributed by atoms with E-state index in [0.717, 1.165) is 60.8 Å². The van der Waals surface area contributed by atoms with Gasteiger partial charge in [0.05, 0.1) is 11.4 Å². The molecule has 0 saturated heterocycles. The van der Waals surface area contributed by atoms with Gasteiger partial charge in [0.25, 0.3) is 0 Å². The van der Waals surface area contributed by atoms with E-state index < -0.39 is 0 Å². The summed E-state index contributed by atoms with van der Waals surface area (Å²) in [5, 5.41) is 9.25. The minimum atomic E-state index is 0.696. The van der Waals surface area contributed by atoms with Gasteiger partial charge in [-0.25, -0.2) is 9.97 Å².